The molecule has 0 saturated heterocycles. The fourth-order valence-corrected chi connectivity index (χ4v) is 2.82. The maximum atomic E-state index is 12.3. The zero-order valence-corrected chi connectivity index (χ0v) is 16.8. The van der Waals surface area contributed by atoms with Crippen LogP contribution >= 0.6 is 0 Å². The molecule has 0 spiro atoms. The van der Waals surface area contributed by atoms with Crippen molar-refractivity contribution in [2.45, 2.75) is 32.9 Å². The summed E-state index contributed by atoms with van der Waals surface area (Å²) in [6, 6.07) is 9.13. The number of rotatable bonds is 8. The number of carbonyl (C=O) groups is 2. The summed E-state index contributed by atoms with van der Waals surface area (Å²) in [4.78, 5) is 23.7. The highest BCUT2D eigenvalue weighted by molar-refractivity contribution is 5.98. The molecule has 0 aliphatic rings. The van der Waals surface area contributed by atoms with E-state index in [0.29, 0.717) is 11.7 Å². The zero-order chi connectivity index (χ0) is 22.5. The molecular weight excluding hydrogens is 401 g/mol. The Labute approximate surface area is 172 Å². The van der Waals surface area contributed by atoms with Crippen LogP contribution in [-0.2, 0) is 4.79 Å². The van der Waals surface area contributed by atoms with E-state index in [1.807, 2.05) is 19.1 Å². The molecule has 2 aromatic rings. The molecule has 0 bridgehead atoms. The van der Waals surface area contributed by atoms with Gasteiger partial charge in [-0.05, 0) is 54.3 Å². The number of aryl methyl sites for hydroxylation is 1. The maximum Gasteiger partial charge on any atom is 0.422 e. The maximum absolute atomic E-state index is 12.3. The highest BCUT2D eigenvalue weighted by Crippen LogP contribution is 2.26. The second-order valence-electron chi connectivity index (χ2n) is 6.99. The Morgan fingerprint density at radius 2 is 1.80 bits per heavy atom. The average Bonchev–Trinajstić information content (AvgIpc) is 2.64. The number of hydrogen-bond acceptors (Lipinski definition) is 4. The number of hydrogen-bond donors (Lipinski definition) is 2. The van der Waals surface area contributed by atoms with Crippen LogP contribution in [0.15, 0.2) is 36.4 Å². The number of alkyl halides is 3. The third-order valence-corrected chi connectivity index (χ3v) is 4.15. The molecule has 2 rings (SSSR count). The lowest BCUT2D eigenvalue weighted by atomic mass is 9.98. The first-order chi connectivity index (χ1) is 14.0. The van der Waals surface area contributed by atoms with Crippen LogP contribution in [0.5, 0.6) is 11.5 Å². The largest absolute Gasteiger partial charge is 0.484 e. The van der Waals surface area contributed by atoms with E-state index in [4.69, 9.17) is 10.5 Å². The van der Waals surface area contributed by atoms with E-state index in [0.717, 1.165) is 17.7 Å². The standard InChI is InChI=1S/C21H23F3N2O4/c1-12(2)16-6-5-15(8-13(16)3)29-10-19(27)26-14-4-7-18(17(9-14)20(25)28)30-11-21(22,23)24/h4-9,12H,10-11H2,1-3H3,(H2,25,28)(H,26,27). The van der Waals surface area contributed by atoms with Gasteiger partial charge in [0.05, 0.1) is 5.56 Å². The van der Waals surface area contributed by atoms with Gasteiger partial charge < -0.3 is 20.5 Å². The molecule has 0 fully saturated rings. The normalized spacial score (nSPS) is 11.3. The van der Waals surface area contributed by atoms with Crippen molar-refractivity contribution >= 4 is 17.5 Å². The Bertz CT molecular complexity index is 927. The van der Waals surface area contributed by atoms with E-state index in [9.17, 15) is 22.8 Å². The van der Waals surface area contributed by atoms with Crippen molar-refractivity contribution in [1.29, 1.82) is 0 Å². The first kappa shape index (κ1) is 23.1. The van der Waals surface area contributed by atoms with Gasteiger partial charge in [0.25, 0.3) is 11.8 Å². The predicted molar refractivity (Wildman–Crippen MR) is 106 cm³/mol. The van der Waals surface area contributed by atoms with Crippen LogP contribution in [0.1, 0.15) is 41.3 Å². The number of primary amides is 1. The van der Waals surface area contributed by atoms with Gasteiger partial charge in [-0.25, -0.2) is 0 Å². The number of anilines is 1. The second kappa shape index (κ2) is 9.51. The van der Waals surface area contributed by atoms with Crippen LogP contribution < -0.4 is 20.5 Å². The van der Waals surface area contributed by atoms with Gasteiger partial charge in [0, 0.05) is 5.69 Å². The van der Waals surface area contributed by atoms with E-state index < -0.39 is 24.6 Å². The fraction of sp³-hybridized carbons (Fsp3) is 0.333. The van der Waals surface area contributed by atoms with Gasteiger partial charge >= 0.3 is 6.18 Å². The molecule has 2 amide bonds. The third-order valence-electron chi connectivity index (χ3n) is 4.15. The van der Waals surface area contributed by atoms with Crippen LogP contribution in [-0.4, -0.2) is 31.2 Å². The number of amides is 2. The van der Waals surface area contributed by atoms with Gasteiger partial charge in [-0.1, -0.05) is 19.9 Å². The van der Waals surface area contributed by atoms with Gasteiger partial charge in [0.1, 0.15) is 11.5 Å². The zero-order valence-electron chi connectivity index (χ0n) is 16.8. The Balaban J connectivity index is 2.01. The topological polar surface area (TPSA) is 90.7 Å². The van der Waals surface area contributed by atoms with Crippen LogP contribution in [0, 0.1) is 6.92 Å². The predicted octanol–water partition coefficient (Wildman–Crippen LogP) is 4.18. The quantitative estimate of drug-likeness (QED) is 0.665. The third kappa shape index (κ3) is 6.68. The first-order valence-electron chi connectivity index (χ1n) is 9.13. The first-order valence-corrected chi connectivity index (χ1v) is 9.13. The minimum absolute atomic E-state index is 0.170. The minimum atomic E-state index is -4.56. The molecule has 0 heterocycles. The molecule has 2 aromatic carbocycles. The highest BCUT2D eigenvalue weighted by atomic mass is 19.4. The number of benzene rings is 2. The molecule has 3 N–H and O–H groups in total. The van der Waals surface area contributed by atoms with E-state index in [-0.39, 0.29) is 23.6 Å². The number of halogens is 3. The van der Waals surface area contributed by atoms with E-state index in [2.05, 4.69) is 23.9 Å². The van der Waals surface area contributed by atoms with Crippen molar-refractivity contribution in [1.82, 2.24) is 0 Å². The average molecular weight is 424 g/mol. The smallest absolute Gasteiger partial charge is 0.422 e. The van der Waals surface area contributed by atoms with Gasteiger partial charge in [-0.2, -0.15) is 13.2 Å². The molecule has 162 valence electrons. The number of ether oxygens (including phenoxy) is 2. The molecule has 0 unspecified atom stereocenters. The fourth-order valence-electron chi connectivity index (χ4n) is 2.82. The van der Waals surface area contributed by atoms with E-state index in [1.54, 1.807) is 6.07 Å². The van der Waals surface area contributed by atoms with Crippen molar-refractivity contribution in [2.75, 3.05) is 18.5 Å². The molecule has 0 aliphatic heterocycles. The van der Waals surface area contributed by atoms with Crippen molar-refractivity contribution < 1.29 is 32.2 Å². The molecule has 0 radical (unpaired) electrons. The molecule has 0 atom stereocenters. The Morgan fingerprint density at radius 1 is 1.10 bits per heavy atom. The molecule has 0 aromatic heterocycles. The van der Waals surface area contributed by atoms with Crippen molar-refractivity contribution in [3.8, 4) is 11.5 Å². The monoisotopic (exact) mass is 424 g/mol. The van der Waals surface area contributed by atoms with Crippen molar-refractivity contribution in [3.05, 3.63) is 53.1 Å². The highest BCUT2D eigenvalue weighted by Gasteiger charge is 2.29. The SMILES string of the molecule is Cc1cc(OCC(=O)Nc2ccc(OCC(F)(F)F)c(C(N)=O)c2)ccc1C(C)C. The summed E-state index contributed by atoms with van der Waals surface area (Å²) >= 11 is 0. The van der Waals surface area contributed by atoms with E-state index in [1.165, 1.54) is 11.6 Å². The lowest BCUT2D eigenvalue weighted by Crippen LogP contribution is -2.22. The summed E-state index contributed by atoms with van der Waals surface area (Å²) in [6.45, 7) is 4.25. The lowest BCUT2D eigenvalue weighted by Gasteiger charge is -2.14. The minimum Gasteiger partial charge on any atom is -0.484 e. The summed E-state index contributed by atoms with van der Waals surface area (Å²) in [5.74, 6) is -0.930. The molecule has 0 aliphatic carbocycles. The summed E-state index contributed by atoms with van der Waals surface area (Å²) in [7, 11) is 0. The summed E-state index contributed by atoms with van der Waals surface area (Å²) in [5.41, 5.74) is 7.31. The van der Waals surface area contributed by atoms with Crippen LogP contribution in [0.2, 0.25) is 0 Å². The Kier molecular flexibility index (Phi) is 7.31. The van der Waals surface area contributed by atoms with Crippen LogP contribution in [0.4, 0.5) is 18.9 Å². The van der Waals surface area contributed by atoms with Gasteiger partial charge in [0.2, 0.25) is 0 Å². The summed E-state index contributed by atoms with van der Waals surface area (Å²) < 4.78 is 47.1. The lowest BCUT2D eigenvalue weighted by molar-refractivity contribution is -0.153. The summed E-state index contributed by atoms with van der Waals surface area (Å²) in [6.07, 6.45) is -4.56. The molecule has 0 saturated carbocycles. The number of nitrogens with two attached hydrogens (primary N) is 1. The van der Waals surface area contributed by atoms with Crippen LogP contribution in [0.25, 0.3) is 0 Å². The van der Waals surface area contributed by atoms with Crippen LogP contribution in [0.3, 0.4) is 0 Å². The Morgan fingerprint density at radius 3 is 2.37 bits per heavy atom. The Hall–Kier alpha value is -3.23. The molecule has 9 heteroatoms. The van der Waals surface area contributed by atoms with Crippen molar-refractivity contribution in [2.24, 2.45) is 5.73 Å². The molecule has 30 heavy (non-hydrogen) atoms. The van der Waals surface area contributed by atoms with Gasteiger partial charge in [-0.3, -0.25) is 9.59 Å². The van der Waals surface area contributed by atoms with Gasteiger partial charge in [0.15, 0.2) is 13.2 Å². The number of carbonyl (C=O) groups excluding carboxylic acids is 2. The van der Waals surface area contributed by atoms with E-state index >= 15 is 0 Å². The second-order valence-corrected chi connectivity index (χ2v) is 6.99. The van der Waals surface area contributed by atoms with Gasteiger partial charge in [-0.15, -0.1) is 0 Å². The van der Waals surface area contributed by atoms with Crippen molar-refractivity contribution in [3.63, 3.8) is 0 Å². The summed E-state index contributed by atoms with van der Waals surface area (Å²) in [5, 5.41) is 2.50. The molecular formula is C21H23F3N2O4. The molecule has 6 nitrogen and oxygen atoms in total. The number of nitrogens with one attached hydrogen (secondary N) is 1.